The van der Waals surface area contributed by atoms with Crippen LogP contribution in [-0.2, 0) is 19.3 Å². The highest BCUT2D eigenvalue weighted by Gasteiger charge is 2.21. The van der Waals surface area contributed by atoms with E-state index in [4.69, 9.17) is 0 Å². The monoisotopic (exact) mass is 366 g/mol. The summed E-state index contributed by atoms with van der Waals surface area (Å²) in [5.41, 5.74) is 4.69. The Hall–Kier alpha value is -2.47. The van der Waals surface area contributed by atoms with Crippen molar-refractivity contribution in [3.8, 4) is 0 Å². The number of likely N-dealkylation sites (N-methyl/N-ethyl adjacent to an activating group) is 1. The molecule has 0 bridgehead atoms. The zero-order valence-corrected chi connectivity index (χ0v) is 15.8. The van der Waals surface area contributed by atoms with E-state index in [-0.39, 0.29) is 11.5 Å². The molecule has 142 valence electrons. The molecule has 2 aromatic rings. The molecule has 1 aliphatic heterocycles. The van der Waals surface area contributed by atoms with E-state index in [0.717, 1.165) is 79.8 Å². The van der Waals surface area contributed by atoms with Crippen LogP contribution in [0.25, 0.3) is 0 Å². The topological polar surface area (TPSA) is 69.3 Å². The van der Waals surface area contributed by atoms with Crippen LogP contribution in [0.3, 0.4) is 0 Å². The molecule has 1 aromatic carbocycles. The summed E-state index contributed by atoms with van der Waals surface area (Å²) in [7, 11) is 2.08. The Kier molecular flexibility index (Phi) is 5.07. The van der Waals surface area contributed by atoms with Gasteiger partial charge in [0, 0.05) is 43.7 Å². The molecule has 1 aromatic heterocycles. The van der Waals surface area contributed by atoms with Crippen molar-refractivity contribution in [3.05, 3.63) is 62.6 Å². The highest BCUT2D eigenvalue weighted by atomic mass is 16.2. The summed E-state index contributed by atoms with van der Waals surface area (Å²) in [6.45, 7) is 3.38. The average molecular weight is 366 g/mol. The van der Waals surface area contributed by atoms with Crippen LogP contribution < -0.4 is 5.56 Å². The molecule has 0 unspecified atom stereocenters. The fourth-order valence-corrected chi connectivity index (χ4v) is 4.07. The third kappa shape index (κ3) is 3.81. The molecule has 27 heavy (non-hydrogen) atoms. The molecule has 0 radical (unpaired) electrons. The van der Waals surface area contributed by atoms with Gasteiger partial charge in [0.25, 0.3) is 11.5 Å². The summed E-state index contributed by atoms with van der Waals surface area (Å²) in [6, 6.07) is 7.84. The second-order valence-corrected chi connectivity index (χ2v) is 7.64. The minimum atomic E-state index is -0.0487. The first kappa shape index (κ1) is 17.9. The number of rotatable bonds is 3. The van der Waals surface area contributed by atoms with E-state index in [2.05, 4.69) is 22.1 Å². The summed E-state index contributed by atoms with van der Waals surface area (Å²) in [6.07, 6.45) is 4.56. The van der Waals surface area contributed by atoms with Crippen molar-refractivity contribution in [1.82, 2.24) is 20.0 Å². The summed E-state index contributed by atoms with van der Waals surface area (Å²) < 4.78 is 0. The van der Waals surface area contributed by atoms with Crippen molar-refractivity contribution in [2.75, 3.05) is 33.2 Å². The number of carbonyl (C=O) groups is 1. The summed E-state index contributed by atoms with van der Waals surface area (Å²) >= 11 is 0. The highest BCUT2D eigenvalue weighted by molar-refractivity contribution is 5.94. The zero-order chi connectivity index (χ0) is 18.8. The van der Waals surface area contributed by atoms with Gasteiger partial charge in [-0.25, -0.2) is 5.10 Å². The van der Waals surface area contributed by atoms with Crippen LogP contribution in [0, 0.1) is 0 Å². The van der Waals surface area contributed by atoms with Crippen LogP contribution >= 0.6 is 0 Å². The molecule has 1 saturated heterocycles. The van der Waals surface area contributed by atoms with E-state index in [1.807, 2.05) is 29.2 Å². The molecule has 6 heteroatoms. The Morgan fingerprint density at radius 2 is 1.85 bits per heavy atom. The number of aromatic amines is 1. The van der Waals surface area contributed by atoms with E-state index in [0.29, 0.717) is 6.42 Å². The molecule has 4 rings (SSSR count). The molecule has 1 amide bonds. The number of amides is 1. The van der Waals surface area contributed by atoms with Crippen LogP contribution in [0.2, 0.25) is 0 Å². The number of hydrogen-bond donors (Lipinski definition) is 1. The second-order valence-electron chi connectivity index (χ2n) is 7.64. The third-order valence-corrected chi connectivity index (χ3v) is 5.72. The van der Waals surface area contributed by atoms with Gasteiger partial charge in [-0.05, 0) is 56.0 Å². The van der Waals surface area contributed by atoms with Gasteiger partial charge in [0.2, 0.25) is 0 Å². The lowest BCUT2D eigenvalue weighted by atomic mass is 9.90. The van der Waals surface area contributed by atoms with E-state index in [1.165, 1.54) is 0 Å². The number of nitrogens with one attached hydrogen (secondary N) is 1. The molecule has 1 fully saturated rings. The number of piperazine rings is 1. The first-order valence-electron chi connectivity index (χ1n) is 9.78. The van der Waals surface area contributed by atoms with Gasteiger partial charge in [0.15, 0.2) is 0 Å². The van der Waals surface area contributed by atoms with Crippen molar-refractivity contribution >= 4 is 5.91 Å². The van der Waals surface area contributed by atoms with E-state index >= 15 is 0 Å². The number of benzene rings is 1. The average Bonchev–Trinajstić information content (AvgIpc) is 2.71. The zero-order valence-electron chi connectivity index (χ0n) is 15.8. The van der Waals surface area contributed by atoms with E-state index in [9.17, 15) is 9.59 Å². The normalized spacial score (nSPS) is 17.6. The van der Waals surface area contributed by atoms with Gasteiger partial charge in [0.1, 0.15) is 0 Å². The number of aromatic nitrogens is 2. The van der Waals surface area contributed by atoms with Crippen molar-refractivity contribution in [2.24, 2.45) is 0 Å². The molecule has 1 aliphatic carbocycles. The number of H-pyrrole nitrogens is 1. The van der Waals surface area contributed by atoms with Crippen LogP contribution in [0.4, 0.5) is 0 Å². The first-order chi connectivity index (χ1) is 13.1. The van der Waals surface area contributed by atoms with Crippen LogP contribution in [0.5, 0.6) is 0 Å². The molecule has 2 aliphatic rings. The van der Waals surface area contributed by atoms with E-state index in [1.54, 1.807) is 0 Å². The van der Waals surface area contributed by atoms with Crippen molar-refractivity contribution in [3.63, 3.8) is 0 Å². The van der Waals surface area contributed by atoms with Gasteiger partial charge >= 0.3 is 0 Å². The van der Waals surface area contributed by atoms with Gasteiger partial charge in [-0.2, -0.15) is 5.10 Å². The largest absolute Gasteiger partial charge is 0.336 e. The summed E-state index contributed by atoms with van der Waals surface area (Å²) in [5, 5.41) is 6.98. The highest BCUT2D eigenvalue weighted by Crippen LogP contribution is 2.22. The van der Waals surface area contributed by atoms with Crippen LogP contribution in [0.1, 0.15) is 45.6 Å². The predicted octanol–water partition coefficient (Wildman–Crippen LogP) is 1.63. The van der Waals surface area contributed by atoms with Crippen molar-refractivity contribution in [2.45, 2.75) is 32.1 Å². The maximum atomic E-state index is 12.8. The Balaban J connectivity index is 1.55. The number of nitrogens with zero attached hydrogens (tertiary/aromatic N) is 3. The van der Waals surface area contributed by atoms with Crippen LogP contribution in [0.15, 0.2) is 29.1 Å². The van der Waals surface area contributed by atoms with Gasteiger partial charge in [0.05, 0.1) is 5.69 Å². The molecule has 0 saturated carbocycles. The lowest BCUT2D eigenvalue weighted by Crippen LogP contribution is -2.47. The Bertz CT molecular complexity index is 897. The standard InChI is InChI=1S/C21H26N4O2/c1-24-9-11-25(12-10-24)21(27)16-6-4-5-15(13-16)14-19-17-7-2-3-8-18(17)20(26)23-22-19/h4-6,13H,2-3,7-12,14H2,1H3,(H,23,26). The molecule has 0 spiro atoms. The molecular weight excluding hydrogens is 340 g/mol. The molecule has 0 atom stereocenters. The van der Waals surface area contributed by atoms with Gasteiger partial charge in [-0.15, -0.1) is 0 Å². The maximum Gasteiger partial charge on any atom is 0.267 e. The molecule has 2 heterocycles. The lowest BCUT2D eigenvalue weighted by molar-refractivity contribution is 0.0664. The molecule has 6 nitrogen and oxygen atoms in total. The van der Waals surface area contributed by atoms with Crippen molar-refractivity contribution < 1.29 is 4.79 Å². The lowest BCUT2D eigenvalue weighted by Gasteiger charge is -2.32. The minimum absolute atomic E-state index is 0.0487. The van der Waals surface area contributed by atoms with Gasteiger partial charge in [-0.3, -0.25) is 9.59 Å². The van der Waals surface area contributed by atoms with E-state index < -0.39 is 0 Å². The van der Waals surface area contributed by atoms with Gasteiger partial charge in [-0.1, -0.05) is 12.1 Å². The quantitative estimate of drug-likeness (QED) is 0.896. The van der Waals surface area contributed by atoms with Crippen LogP contribution in [-0.4, -0.2) is 59.1 Å². The minimum Gasteiger partial charge on any atom is -0.336 e. The third-order valence-electron chi connectivity index (χ3n) is 5.72. The number of carbonyl (C=O) groups excluding carboxylic acids is 1. The van der Waals surface area contributed by atoms with Crippen molar-refractivity contribution in [1.29, 1.82) is 0 Å². The first-order valence-corrected chi connectivity index (χ1v) is 9.78. The predicted molar refractivity (Wildman–Crippen MR) is 104 cm³/mol. The number of fused-ring (bicyclic) bond motifs is 1. The molecule has 1 N–H and O–H groups in total. The second kappa shape index (κ2) is 7.64. The Morgan fingerprint density at radius 1 is 1.11 bits per heavy atom. The molecular formula is C21H26N4O2. The Labute approximate surface area is 159 Å². The summed E-state index contributed by atoms with van der Waals surface area (Å²) in [5.74, 6) is 0.0985. The fourth-order valence-electron chi connectivity index (χ4n) is 4.07. The smallest absolute Gasteiger partial charge is 0.267 e. The number of hydrogen-bond acceptors (Lipinski definition) is 4. The SMILES string of the molecule is CN1CCN(C(=O)c2cccc(Cc3n[nH]c(=O)c4c3CCCC4)c2)CC1. The van der Waals surface area contributed by atoms with Gasteiger partial charge < -0.3 is 9.80 Å². The maximum absolute atomic E-state index is 12.8. The fraction of sp³-hybridized carbons (Fsp3) is 0.476. The Morgan fingerprint density at radius 3 is 2.63 bits per heavy atom. The summed E-state index contributed by atoms with van der Waals surface area (Å²) in [4.78, 5) is 29.0.